The smallest absolute Gasteiger partial charge is 0.387 e. The maximum absolute atomic E-state index is 12.5. The van der Waals surface area contributed by atoms with Crippen molar-refractivity contribution >= 4 is 0 Å². The lowest BCUT2D eigenvalue weighted by Gasteiger charge is -2.35. The minimum absolute atomic E-state index is 0.288. The van der Waals surface area contributed by atoms with Gasteiger partial charge in [0.05, 0.1) is 0 Å². The average Bonchev–Trinajstić information content (AvgIpc) is 2.79. The third kappa shape index (κ3) is 3.52. The van der Waals surface area contributed by atoms with Crippen LogP contribution in [0.4, 0.5) is 8.78 Å². The van der Waals surface area contributed by atoms with Gasteiger partial charge in [0.25, 0.3) is 0 Å². The standard InChI is InChI=1S/C16H22F2N2O/c1-20(14-8-12-6-7-13(9-14)19-12)10-11-4-2-3-5-15(11)21-16(17)18/h2-5,12-14,16,19H,6-10H2,1H3. The topological polar surface area (TPSA) is 24.5 Å². The molecule has 0 radical (unpaired) electrons. The molecule has 1 N–H and O–H groups in total. The first-order chi connectivity index (χ1) is 10.1. The van der Waals surface area contributed by atoms with E-state index < -0.39 is 6.61 Å². The van der Waals surface area contributed by atoms with E-state index in [1.807, 2.05) is 12.1 Å². The van der Waals surface area contributed by atoms with Crippen LogP contribution in [0.2, 0.25) is 0 Å². The summed E-state index contributed by atoms with van der Waals surface area (Å²) in [6, 6.07) is 8.85. The molecule has 0 spiro atoms. The number of rotatable bonds is 5. The second-order valence-electron chi connectivity index (χ2n) is 6.16. The first-order valence-electron chi connectivity index (χ1n) is 7.61. The van der Waals surface area contributed by atoms with E-state index in [1.54, 1.807) is 12.1 Å². The number of para-hydroxylation sites is 1. The number of fused-ring (bicyclic) bond motifs is 2. The molecule has 1 aromatic rings. The van der Waals surface area contributed by atoms with Gasteiger partial charge in [-0.1, -0.05) is 18.2 Å². The summed E-state index contributed by atoms with van der Waals surface area (Å²) in [4.78, 5) is 2.28. The van der Waals surface area contributed by atoms with E-state index in [-0.39, 0.29) is 5.75 Å². The Labute approximate surface area is 124 Å². The molecule has 2 atom stereocenters. The molecule has 0 aromatic heterocycles. The van der Waals surface area contributed by atoms with Crippen molar-refractivity contribution in [1.82, 2.24) is 10.2 Å². The Bertz CT molecular complexity index is 471. The first-order valence-corrected chi connectivity index (χ1v) is 7.61. The van der Waals surface area contributed by atoms with Gasteiger partial charge in [0.2, 0.25) is 0 Å². The number of hydrogen-bond donors (Lipinski definition) is 1. The highest BCUT2D eigenvalue weighted by molar-refractivity contribution is 5.33. The molecule has 3 rings (SSSR count). The summed E-state index contributed by atoms with van der Waals surface area (Å²) in [5.41, 5.74) is 0.825. The zero-order chi connectivity index (χ0) is 14.8. The summed E-state index contributed by atoms with van der Waals surface area (Å²) in [7, 11) is 2.08. The van der Waals surface area contributed by atoms with Crippen molar-refractivity contribution in [2.24, 2.45) is 0 Å². The quantitative estimate of drug-likeness (QED) is 0.904. The van der Waals surface area contributed by atoms with Crippen LogP contribution in [0.1, 0.15) is 31.2 Å². The number of halogens is 2. The molecule has 0 saturated carbocycles. The zero-order valence-electron chi connectivity index (χ0n) is 12.3. The molecular weight excluding hydrogens is 274 g/mol. The number of piperidine rings is 1. The molecule has 3 nitrogen and oxygen atoms in total. The molecule has 2 saturated heterocycles. The predicted molar refractivity (Wildman–Crippen MR) is 77.5 cm³/mol. The van der Waals surface area contributed by atoms with Gasteiger partial charge in [-0.2, -0.15) is 8.78 Å². The zero-order valence-corrected chi connectivity index (χ0v) is 12.3. The van der Waals surface area contributed by atoms with Gasteiger partial charge in [-0.15, -0.1) is 0 Å². The lowest BCUT2D eigenvalue weighted by atomic mass is 9.98. The third-order valence-corrected chi connectivity index (χ3v) is 4.68. The largest absolute Gasteiger partial charge is 0.434 e. The molecule has 2 bridgehead atoms. The Morgan fingerprint density at radius 3 is 2.57 bits per heavy atom. The van der Waals surface area contributed by atoms with Crippen molar-refractivity contribution in [2.75, 3.05) is 7.05 Å². The van der Waals surface area contributed by atoms with Gasteiger partial charge in [-0.05, 0) is 38.8 Å². The van der Waals surface area contributed by atoms with E-state index in [1.165, 1.54) is 12.8 Å². The molecule has 2 aliphatic heterocycles. The minimum atomic E-state index is -2.77. The van der Waals surface area contributed by atoms with Crippen molar-refractivity contribution in [1.29, 1.82) is 0 Å². The molecule has 2 unspecified atom stereocenters. The van der Waals surface area contributed by atoms with Crippen molar-refractivity contribution < 1.29 is 13.5 Å². The SMILES string of the molecule is CN(Cc1ccccc1OC(F)F)C1CC2CCC(C1)N2. The lowest BCUT2D eigenvalue weighted by molar-refractivity contribution is -0.0508. The second kappa shape index (κ2) is 6.28. The van der Waals surface area contributed by atoms with Gasteiger partial charge in [0.1, 0.15) is 5.75 Å². The highest BCUT2D eigenvalue weighted by atomic mass is 19.3. The summed E-state index contributed by atoms with van der Waals surface area (Å²) >= 11 is 0. The third-order valence-electron chi connectivity index (χ3n) is 4.68. The van der Waals surface area contributed by atoms with Gasteiger partial charge in [-0.3, -0.25) is 4.90 Å². The molecular formula is C16H22F2N2O. The summed E-state index contributed by atoms with van der Waals surface area (Å²) in [5.74, 6) is 0.288. The van der Waals surface area contributed by atoms with Crippen LogP contribution in [-0.2, 0) is 6.54 Å². The maximum Gasteiger partial charge on any atom is 0.387 e. The van der Waals surface area contributed by atoms with Gasteiger partial charge in [0.15, 0.2) is 0 Å². The number of nitrogens with zero attached hydrogens (tertiary/aromatic N) is 1. The lowest BCUT2D eigenvalue weighted by Crippen LogP contribution is -2.46. The molecule has 0 aliphatic carbocycles. The Balaban J connectivity index is 1.65. The fourth-order valence-electron chi connectivity index (χ4n) is 3.63. The van der Waals surface area contributed by atoms with Crippen molar-refractivity contribution in [3.8, 4) is 5.75 Å². The summed E-state index contributed by atoms with van der Waals surface area (Å²) in [6.45, 7) is -2.13. The van der Waals surface area contributed by atoms with Crippen molar-refractivity contribution in [3.05, 3.63) is 29.8 Å². The Morgan fingerprint density at radius 2 is 1.90 bits per heavy atom. The summed E-state index contributed by atoms with van der Waals surface area (Å²) in [5, 5.41) is 3.63. The fraction of sp³-hybridized carbons (Fsp3) is 0.625. The van der Waals surface area contributed by atoms with Crippen molar-refractivity contribution in [3.63, 3.8) is 0 Å². The van der Waals surface area contributed by atoms with E-state index >= 15 is 0 Å². The molecule has 0 amide bonds. The highest BCUT2D eigenvalue weighted by Crippen LogP contribution is 2.31. The Morgan fingerprint density at radius 1 is 1.24 bits per heavy atom. The second-order valence-corrected chi connectivity index (χ2v) is 6.16. The van der Waals surface area contributed by atoms with Crippen LogP contribution >= 0.6 is 0 Å². The number of hydrogen-bond acceptors (Lipinski definition) is 3. The van der Waals surface area contributed by atoms with E-state index in [9.17, 15) is 8.78 Å². The van der Waals surface area contributed by atoms with Crippen LogP contribution in [-0.4, -0.2) is 36.7 Å². The average molecular weight is 296 g/mol. The van der Waals surface area contributed by atoms with Crippen LogP contribution in [0.25, 0.3) is 0 Å². The fourth-order valence-corrected chi connectivity index (χ4v) is 3.63. The van der Waals surface area contributed by atoms with Crippen LogP contribution < -0.4 is 10.1 Å². The molecule has 2 aliphatic rings. The van der Waals surface area contributed by atoms with Crippen LogP contribution in [0.5, 0.6) is 5.75 Å². The molecule has 2 heterocycles. The number of benzene rings is 1. The van der Waals surface area contributed by atoms with E-state index in [2.05, 4.69) is 22.0 Å². The molecule has 116 valence electrons. The molecule has 1 aromatic carbocycles. The normalized spacial score (nSPS) is 28.3. The highest BCUT2D eigenvalue weighted by Gasteiger charge is 2.35. The van der Waals surface area contributed by atoms with Crippen LogP contribution in [0.3, 0.4) is 0 Å². The van der Waals surface area contributed by atoms with Gasteiger partial charge < -0.3 is 10.1 Å². The number of alkyl halides is 2. The van der Waals surface area contributed by atoms with Crippen molar-refractivity contribution in [2.45, 2.75) is 57.0 Å². The Hall–Kier alpha value is -1.20. The van der Waals surface area contributed by atoms with E-state index in [0.29, 0.717) is 24.7 Å². The van der Waals surface area contributed by atoms with Crippen LogP contribution in [0, 0.1) is 0 Å². The number of ether oxygens (including phenoxy) is 1. The van der Waals surface area contributed by atoms with Gasteiger partial charge in [0, 0.05) is 30.2 Å². The molecule has 2 fully saturated rings. The minimum Gasteiger partial charge on any atom is -0.434 e. The molecule has 5 heteroatoms. The Kier molecular flexibility index (Phi) is 4.40. The maximum atomic E-state index is 12.5. The van der Waals surface area contributed by atoms with Gasteiger partial charge >= 0.3 is 6.61 Å². The van der Waals surface area contributed by atoms with E-state index in [0.717, 1.165) is 18.4 Å². The van der Waals surface area contributed by atoms with Crippen LogP contribution in [0.15, 0.2) is 24.3 Å². The number of nitrogens with one attached hydrogen (secondary N) is 1. The van der Waals surface area contributed by atoms with Gasteiger partial charge in [-0.25, -0.2) is 0 Å². The predicted octanol–water partition coefficient (Wildman–Crippen LogP) is 3.00. The van der Waals surface area contributed by atoms with E-state index in [4.69, 9.17) is 0 Å². The summed E-state index contributed by atoms with van der Waals surface area (Å²) in [6.07, 6.45) is 4.82. The first kappa shape index (κ1) is 14.7. The molecule has 21 heavy (non-hydrogen) atoms. The monoisotopic (exact) mass is 296 g/mol. The summed E-state index contributed by atoms with van der Waals surface area (Å²) < 4.78 is 29.5.